The summed E-state index contributed by atoms with van der Waals surface area (Å²) >= 11 is 0. The van der Waals surface area contributed by atoms with Gasteiger partial charge in [-0.05, 0) is 78.6 Å². The highest BCUT2D eigenvalue weighted by atomic mass is 16.2. The molecule has 1 aliphatic carbocycles. The summed E-state index contributed by atoms with van der Waals surface area (Å²) in [4.78, 5) is 68.1. The summed E-state index contributed by atoms with van der Waals surface area (Å²) in [5.41, 5.74) is 9.65. The molecule has 0 bridgehead atoms. The Labute approximate surface area is 339 Å². The Morgan fingerprint density at radius 3 is 2.47 bits per heavy atom. The number of rotatable bonds is 8. The number of carbonyl (C=O) groups excluding carboxylic acids is 4. The van der Waals surface area contributed by atoms with E-state index in [2.05, 4.69) is 74.9 Å². The van der Waals surface area contributed by atoms with Gasteiger partial charge < -0.3 is 19.7 Å². The van der Waals surface area contributed by atoms with Gasteiger partial charge in [-0.25, -0.2) is 4.85 Å². The van der Waals surface area contributed by atoms with Gasteiger partial charge in [-0.3, -0.25) is 29.4 Å². The van der Waals surface area contributed by atoms with Gasteiger partial charge in [0, 0.05) is 104 Å². The number of carbonyl (C=O) groups is 4. The van der Waals surface area contributed by atoms with E-state index >= 15 is 0 Å². The molecule has 1 aromatic heterocycles. The third-order valence-corrected chi connectivity index (χ3v) is 13.5. The van der Waals surface area contributed by atoms with E-state index in [9.17, 15) is 19.2 Å². The SMILES string of the molecule is [C-]#[N+]c1ccc2c3c([nH]c2c1)C(C)(C)c1cc(N2CCC(N4CCN(CC/C=C\c5cccc6c5CN(C5CCC(=O)NC5=O)C6=O)CC4)CC2)c(CC)cc1C3=O. The minimum Gasteiger partial charge on any atom is -0.371 e. The van der Waals surface area contributed by atoms with E-state index in [0.717, 1.165) is 116 Å². The molecular weight excluding hydrogens is 727 g/mol. The topological polar surface area (TPSA) is 113 Å². The Hall–Kier alpha value is -5.57. The first kappa shape index (κ1) is 38.0. The first-order valence-electron chi connectivity index (χ1n) is 21.0. The fraction of sp³-hybridized carbons (Fsp3) is 0.426. The molecule has 3 saturated heterocycles. The van der Waals surface area contributed by atoms with E-state index in [0.29, 0.717) is 30.3 Å². The molecule has 5 heterocycles. The number of benzene rings is 3. The quantitative estimate of drug-likeness (QED) is 0.153. The van der Waals surface area contributed by atoms with Crippen LogP contribution in [-0.4, -0.2) is 101 Å². The maximum atomic E-state index is 14.1. The highest BCUT2D eigenvalue weighted by Crippen LogP contribution is 2.46. The van der Waals surface area contributed by atoms with Crippen molar-refractivity contribution in [1.82, 2.24) is 25.0 Å². The summed E-state index contributed by atoms with van der Waals surface area (Å²) in [5.74, 6) is -0.736. The summed E-state index contributed by atoms with van der Waals surface area (Å²) in [7, 11) is 0. The molecule has 298 valence electrons. The number of nitrogens with one attached hydrogen (secondary N) is 2. The second-order valence-corrected chi connectivity index (χ2v) is 17.1. The lowest BCUT2D eigenvalue weighted by Gasteiger charge is -2.44. The van der Waals surface area contributed by atoms with Gasteiger partial charge in [-0.1, -0.05) is 57.2 Å². The zero-order valence-electron chi connectivity index (χ0n) is 33.7. The Balaban J connectivity index is 0.790. The number of amides is 3. The molecule has 1 atom stereocenters. The molecule has 3 fully saturated rings. The van der Waals surface area contributed by atoms with E-state index in [-0.39, 0.29) is 29.9 Å². The Morgan fingerprint density at radius 1 is 0.931 bits per heavy atom. The third kappa shape index (κ3) is 6.52. The van der Waals surface area contributed by atoms with Crippen LogP contribution in [-0.2, 0) is 28.0 Å². The van der Waals surface area contributed by atoms with Gasteiger partial charge in [-0.2, -0.15) is 0 Å². The number of hydrogen-bond donors (Lipinski definition) is 2. The maximum Gasteiger partial charge on any atom is 0.255 e. The van der Waals surface area contributed by atoms with Gasteiger partial charge in [-0.15, -0.1) is 0 Å². The molecule has 5 aliphatic rings. The van der Waals surface area contributed by atoms with Gasteiger partial charge in [0.15, 0.2) is 11.5 Å². The van der Waals surface area contributed by atoms with Crippen molar-refractivity contribution in [2.75, 3.05) is 50.7 Å². The van der Waals surface area contributed by atoms with Gasteiger partial charge in [0.25, 0.3) is 5.91 Å². The lowest BCUT2D eigenvalue weighted by Crippen LogP contribution is -2.53. The lowest BCUT2D eigenvalue weighted by molar-refractivity contribution is -0.136. The third-order valence-electron chi connectivity index (χ3n) is 13.5. The molecule has 2 N–H and O–H groups in total. The van der Waals surface area contributed by atoms with Crippen molar-refractivity contribution in [2.45, 2.75) is 83.3 Å². The van der Waals surface area contributed by atoms with Gasteiger partial charge >= 0.3 is 0 Å². The molecule has 0 radical (unpaired) electrons. The van der Waals surface area contributed by atoms with E-state index in [1.165, 1.54) is 11.3 Å². The molecule has 3 amide bonds. The second kappa shape index (κ2) is 15.0. The van der Waals surface area contributed by atoms with E-state index in [4.69, 9.17) is 6.57 Å². The molecular formula is C47H51N7O4. The number of hydrogen-bond acceptors (Lipinski definition) is 7. The molecule has 4 aliphatic heterocycles. The largest absolute Gasteiger partial charge is 0.371 e. The molecule has 11 nitrogen and oxygen atoms in total. The highest BCUT2D eigenvalue weighted by Gasteiger charge is 2.42. The highest BCUT2D eigenvalue weighted by molar-refractivity contribution is 6.20. The average molecular weight is 778 g/mol. The number of aromatic amines is 1. The fourth-order valence-electron chi connectivity index (χ4n) is 10.2. The minimum atomic E-state index is -0.608. The van der Waals surface area contributed by atoms with Crippen LogP contribution in [0, 0.1) is 6.57 Å². The molecule has 3 aromatic carbocycles. The van der Waals surface area contributed by atoms with Crippen LogP contribution in [0.3, 0.4) is 0 Å². The predicted molar refractivity (Wildman–Crippen MR) is 225 cm³/mol. The van der Waals surface area contributed by atoms with Crippen LogP contribution in [0.5, 0.6) is 0 Å². The zero-order valence-corrected chi connectivity index (χ0v) is 33.7. The van der Waals surface area contributed by atoms with Crippen molar-refractivity contribution in [3.05, 3.63) is 111 Å². The summed E-state index contributed by atoms with van der Waals surface area (Å²) in [5, 5.41) is 3.27. The summed E-state index contributed by atoms with van der Waals surface area (Å²) in [6.07, 6.45) is 8.93. The van der Waals surface area contributed by atoms with Gasteiger partial charge in [0.05, 0.1) is 12.1 Å². The number of anilines is 1. The smallest absolute Gasteiger partial charge is 0.255 e. The number of piperidine rings is 2. The summed E-state index contributed by atoms with van der Waals surface area (Å²) < 4.78 is 0. The van der Waals surface area contributed by atoms with E-state index in [1.54, 1.807) is 11.0 Å². The van der Waals surface area contributed by atoms with E-state index < -0.39 is 11.5 Å². The van der Waals surface area contributed by atoms with Crippen LogP contribution in [0.25, 0.3) is 21.8 Å². The van der Waals surface area contributed by atoms with Crippen molar-refractivity contribution in [2.24, 2.45) is 0 Å². The number of H-pyrrole nitrogens is 1. The molecule has 9 rings (SSSR count). The monoisotopic (exact) mass is 777 g/mol. The van der Waals surface area contributed by atoms with Crippen LogP contribution < -0.4 is 10.2 Å². The van der Waals surface area contributed by atoms with Crippen LogP contribution in [0.4, 0.5) is 11.4 Å². The molecule has 0 spiro atoms. The molecule has 1 unspecified atom stereocenters. The predicted octanol–water partition coefficient (Wildman–Crippen LogP) is 6.60. The summed E-state index contributed by atoms with van der Waals surface area (Å²) in [6, 6.07) is 15.8. The Morgan fingerprint density at radius 2 is 1.72 bits per heavy atom. The Bertz CT molecular complexity index is 2420. The number of aryl methyl sites for hydroxylation is 1. The zero-order chi connectivity index (χ0) is 40.3. The number of aromatic nitrogens is 1. The molecule has 4 aromatic rings. The van der Waals surface area contributed by atoms with Crippen LogP contribution in [0.2, 0.25) is 0 Å². The van der Waals surface area contributed by atoms with Crippen molar-refractivity contribution in [3.8, 4) is 0 Å². The standard InChI is InChI=1S/C47H51N7O4/c1-5-29-25-35-37(47(2,3)44-42(43(35)56)34-13-12-31(48-4)26-38(34)49-44)27-40(29)53-19-16-32(17-20-53)52-23-21-51(22-24-52)18-7-6-9-30-10-8-11-33-36(30)28-54(46(33)58)39-14-15-41(55)50-45(39)57/h6,8-13,25-27,32,39,49H,5,7,14-24,28H2,1-3H3,(H,50,55,57)/b9-6-. The first-order chi connectivity index (χ1) is 28.0. The minimum absolute atomic E-state index is 0.0680. The van der Waals surface area contributed by atoms with Crippen LogP contribution in [0.1, 0.15) is 107 Å². The van der Waals surface area contributed by atoms with Gasteiger partial charge in [0.1, 0.15) is 6.04 Å². The average Bonchev–Trinajstić information content (AvgIpc) is 3.80. The van der Waals surface area contributed by atoms with Crippen molar-refractivity contribution >= 4 is 51.9 Å². The van der Waals surface area contributed by atoms with E-state index in [1.807, 2.05) is 30.3 Å². The molecule has 11 heteroatoms. The number of imide groups is 1. The number of ketones is 1. The molecule has 0 saturated carbocycles. The van der Waals surface area contributed by atoms with Crippen molar-refractivity contribution in [1.29, 1.82) is 0 Å². The summed E-state index contributed by atoms with van der Waals surface area (Å²) in [6.45, 7) is 21.6. The van der Waals surface area contributed by atoms with Gasteiger partial charge in [0.2, 0.25) is 11.8 Å². The lowest BCUT2D eigenvalue weighted by atomic mass is 9.70. The van der Waals surface area contributed by atoms with Crippen molar-refractivity contribution < 1.29 is 19.2 Å². The fourth-order valence-corrected chi connectivity index (χ4v) is 10.2. The normalized spacial score (nSPS) is 21.4. The Kier molecular flexibility index (Phi) is 9.81. The maximum absolute atomic E-state index is 14.1. The van der Waals surface area contributed by atoms with Crippen LogP contribution >= 0.6 is 0 Å². The van der Waals surface area contributed by atoms with Crippen LogP contribution in [0.15, 0.2) is 54.6 Å². The number of piperazine rings is 1. The number of nitrogens with zero attached hydrogens (tertiary/aromatic N) is 5. The number of fused-ring (bicyclic) bond motifs is 5. The second-order valence-electron chi connectivity index (χ2n) is 17.1. The first-order valence-corrected chi connectivity index (χ1v) is 21.0. The molecule has 58 heavy (non-hydrogen) atoms. The van der Waals surface area contributed by atoms with Crippen molar-refractivity contribution in [3.63, 3.8) is 0 Å².